The number of hydrogen-bond acceptors (Lipinski definition) is 2. The second-order valence-corrected chi connectivity index (χ2v) is 4.50. The maximum absolute atomic E-state index is 8.88. The fraction of sp³-hybridized carbons (Fsp3) is 0.750. The molecular formula is C12H18N2. The average molecular weight is 190 g/mol. The highest BCUT2D eigenvalue weighted by Crippen LogP contribution is 2.25. The molecule has 0 aromatic carbocycles. The first kappa shape index (κ1) is 9.73. The molecule has 2 aliphatic carbocycles. The van der Waals surface area contributed by atoms with Gasteiger partial charge < -0.3 is 5.32 Å². The van der Waals surface area contributed by atoms with Crippen LogP contribution >= 0.6 is 0 Å². The van der Waals surface area contributed by atoms with Gasteiger partial charge in [-0.3, -0.25) is 0 Å². The predicted molar refractivity (Wildman–Crippen MR) is 56.7 cm³/mol. The van der Waals surface area contributed by atoms with Crippen LogP contribution in [0, 0.1) is 17.2 Å². The van der Waals surface area contributed by atoms with Crippen LogP contribution in [0.4, 0.5) is 0 Å². The Labute approximate surface area is 86.0 Å². The highest BCUT2D eigenvalue weighted by atomic mass is 15.0. The van der Waals surface area contributed by atoms with Gasteiger partial charge in [0.15, 0.2) is 0 Å². The van der Waals surface area contributed by atoms with E-state index in [-0.39, 0.29) is 0 Å². The number of nitriles is 1. The smallest absolute Gasteiger partial charge is 0.0656 e. The predicted octanol–water partition coefficient (Wildman–Crippen LogP) is 2.38. The third-order valence-electron chi connectivity index (χ3n) is 3.34. The molecule has 0 amide bonds. The van der Waals surface area contributed by atoms with Gasteiger partial charge in [0.05, 0.1) is 6.07 Å². The summed E-state index contributed by atoms with van der Waals surface area (Å²) in [5.41, 5.74) is 0. The van der Waals surface area contributed by atoms with Crippen molar-refractivity contribution >= 4 is 0 Å². The molecule has 76 valence electrons. The van der Waals surface area contributed by atoms with Crippen molar-refractivity contribution in [3.8, 4) is 6.07 Å². The van der Waals surface area contributed by atoms with Gasteiger partial charge in [0.2, 0.25) is 0 Å². The van der Waals surface area contributed by atoms with Gasteiger partial charge in [0, 0.05) is 18.0 Å². The molecule has 0 radical (unpaired) electrons. The Morgan fingerprint density at radius 1 is 1.14 bits per heavy atom. The van der Waals surface area contributed by atoms with Crippen LogP contribution in [0.25, 0.3) is 0 Å². The van der Waals surface area contributed by atoms with Gasteiger partial charge >= 0.3 is 0 Å². The highest BCUT2D eigenvalue weighted by Gasteiger charge is 2.23. The van der Waals surface area contributed by atoms with E-state index in [1.165, 1.54) is 25.7 Å². The molecule has 0 bridgehead atoms. The minimum absolute atomic E-state index is 0.301. The van der Waals surface area contributed by atoms with Crippen molar-refractivity contribution in [2.75, 3.05) is 0 Å². The summed E-state index contributed by atoms with van der Waals surface area (Å²) in [7, 11) is 0. The summed E-state index contributed by atoms with van der Waals surface area (Å²) in [6.07, 6.45) is 11.5. The van der Waals surface area contributed by atoms with Crippen LogP contribution in [0.2, 0.25) is 0 Å². The fourth-order valence-electron chi connectivity index (χ4n) is 2.55. The molecule has 0 heterocycles. The van der Waals surface area contributed by atoms with Crippen molar-refractivity contribution < 1.29 is 0 Å². The zero-order valence-corrected chi connectivity index (χ0v) is 8.58. The Balaban J connectivity index is 1.77. The molecule has 2 atom stereocenters. The molecule has 0 aromatic rings. The highest BCUT2D eigenvalue weighted by molar-refractivity contribution is 4.99. The van der Waals surface area contributed by atoms with Crippen molar-refractivity contribution in [2.45, 2.75) is 50.6 Å². The van der Waals surface area contributed by atoms with E-state index < -0.39 is 0 Å². The molecule has 1 fully saturated rings. The number of rotatable bonds is 2. The van der Waals surface area contributed by atoms with Crippen molar-refractivity contribution in [1.29, 1.82) is 5.26 Å². The molecule has 0 saturated heterocycles. The van der Waals surface area contributed by atoms with E-state index in [4.69, 9.17) is 5.26 Å². The Bertz CT molecular complexity index is 244. The van der Waals surface area contributed by atoms with Gasteiger partial charge in [-0.15, -0.1) is 0 Å². The standard InChI is InChI=1S/C12H18N2/c13-9-10-4-3-7-12(8-10)14-11-5-1-2-6-11/h1-2,10-12,14H,3-8H2. The Morgan fingerprint density at radius 2 is 1.93 bits per heavy atom. The van der Waals surface area contributed by atoms with Crippen LogP contribution in [0.1, 0.15) is 38.5 Å². The first-order valence-corrected chi connectivity index (χ1v) is 5.69. The minimum atomic E-state index is 0.301. The van der Waals surface area contributed by atoms with Crippen LogP contribution < -0.4 is 5.32 Å². The fourth-order valence-corrected chi connectivity index (χ4v) is 2.55. The Kier molecular flexibility index (Phi) is 3.21. The van der Waals surface area contributed by atoms with Crippen molar-refractivity contribution in [3.05, 3.63) is 12.2 Å². The molecule has 1 N–H and O–H groups in total. The molecule has 0 aromatic heterocycles. The lowest BCUT2D eigenvalue weighted by atomic mass is 9.86. The zero-order chi connectivity index (χ0) is 9.80. The molecule has 14 heavy (non-hydrogen) atoms. The van der Waals surface area contributed by atoms with Gasteiger partial charge in [0.1, 0.15) is 0 Å². The second-order valence-electron chi connectivity index (χ2n) is 4.50. The van der Waals surface area contributed by atoms with Crippen LogP contribution in [-0.2, 0) is 0 Å². The molecule has 2 nitrogen and oxygen atoms in total. The molecule has 1 saturated carbocycles. The summed E-state index contributed by atoms with van der Waals surface area (Å²) in [6.45, 7) is 0. The van der Waals surface area contributed by atoms with Gasteiger partial charge in [-0.25, -0.2) is 0 Å². The normalized spacial score (nSPS) is 33.1. The van der Waals surface area contributed by atoms with Gasteiger partial charge in [0.25, 0.3) is 0 Å². The largest absolute Gasteiger partial charge is 0.311 e. The Morgan fingerprint density at radius 3 is 2.64 bits per heavy atom. The summed E-state index contributed by atoms with van der Waals surface area (Å²) in [5, 5.41) is 12.5. The van der Waals surface area contributed by atoms with Gasteiger partial charge in [-0.1, -0.05) is 18.6 Å². The van der Waals surface area contributed by atoms with Crippen molar-refractivity contribution in [1.82, 2.24) is 5.32 Å². The maximum Gasteiger partial charge on any atom is 0.0656 e. The van der Waals surface area contributed by atoms with E-state index in [2.05, 4.69) is 23.5 Å². The van der Waals surface area contributed by atoms with Crippen LogP contribution in [0.3, 0.4) is 0 Å². The van der Waals surface area contributed by atoms with E-state index in [0.29, 0.717) is 18.0 Å². The molecule has 2 rings (SSSR count). The van der Waals surface area contributed by atoms with E-state index in [1.54, 1.807) is 0 Å². The lowest BCUT2D eigenvalue weighted by Crippen LogP contribution is -2.39. The van der Waals surface area contributed by atoms with E-state index in [0.717, 1.165) is 12.8 Å². The van der Waals surface area contributed by atoms with Crippen LogP contribution in [0.15, 0.2) is 12.2 Å². The zero-order valence-electron chi connectivity index (χ0n) is 8.58. The minimum Gasteiger partial charge on any atom is -0.311 e. The summed E-state index contributed by atoms with van der Waals surface area (Å²) >= 11 is 0. The SMILES string of the molecule is N#CC1CCCC(NC2CC=CC2)C1. The summed E-state index contributed by atoms with van der Waals surface area (Å²) < 4.78 is 0. The summed E-state index contributed by atoms with van der Waals surface area (Å²) in [4.78, 5) is 0. The average Bonchev–Trinajstić information content (AvgIpc) is 2.71. The third kappa shape index (κ3) is 2.36. The second kappa shape index (κ2) is 4.61. The molecule has 0 aliphatic heterocycles. The molecule has 2 aliphatic rings. The van der Waals surface area contributed by atoms with Crippen molar-refractivity contribution in [3.63, 3.8) is 0 Å². The van der Waals surface area contributed by atoms with Crippen LogP contribution in [-0.4, -0.2) is 12.1 Å². The van der Waals surface area contributed by atoms with Crippen molar-refractivity contribution in [2.24, 2.45) is 5.92 Å². The third-order valence-corrected chi connectivity index (χ3v) is 3.34. The lowest BCUT2D eigenvalue weighted by Gasteiger charge is -2.28. The van der Waals surface area contributed by atoms with Gasteiger partial charge in [-0.2, -0.15) is 5.26 Å². The first-order chi connectivity index (χ1) is 6.88. The van der Waals surface area contributed by atoms with E-state index in [1.807, 2.05) is 0 Å². The number of nitrogens with zero attached hydrogens (tertiary/aromatic N) is 1. The lowest BCUT2D eigenvalue weighted by molar-refractivity contribution is 0.304. The Hall–Kier alpha value is -0.810. The number of nitrogens with one attached hydrogen (secondary N) is 1. The maximum atomic E-state index is 8.88. The summed E-state index contributed by atoms with van der Waals surface area (Å²) in [5.74, 6) is 0.301. The van der Waals surface area contributed by atoms with Crippen LogP contribution in [0.5, 0.6) is 0 Å². The molecule has 2 heteroatoms. The molecular weight excluding hydrogens is 172 g/mol. The monoisotopic (exact) mass is 190 g/mol. The van der Waals surface area contributed by atoms with Gasteiger partial charge in [-0.05, 0) is 32.1 Å². The van der Waals surface area contributed by atoms with E-state index >= 15 is 0 Å². The molecule has 0 spiro atoms. The topological polar surface area (TPSA) is 35.8 Å². The molecule has 2 unspecified atom stereocenters. The summed E-state index contributed by atoms with van der Waals surface area (Å²) in [6, 6.07) is 3.65. The quantitative estimate of drug-likeness (QED) is 0.679. The van der Waals surface area contributed by atoms with E-state index in [9.17, 15) is 0 Å². The number of hydrogen-bond donors (Lipinski definition) is 1. The first-order valence-electron chi connectivity index (χ1n) is 5.69.